The topological polar surface area (TPSA) is 46.9 Å². The summed E-state index contributed by atoms with van der Waals surface area (Å²) in [4.78, 5) is 11.2. The number of benzene rings is 1. The molecule has 0 bridgehead atoms. The molecule has 1 heterocycles. The van der Waals surface area contributed by atoms with E-state index in [0.717, 1.165) is 10.9 Å². The van der Waals surface area contributed by atoms with Gasteiger partial charge >= 0.3 is 0 Å². The van der Waals surface area contributed by atoms with Gasteiger partial charge in [-0.05, 0) is 18.6 Å². The van der Waals surface area contributed by atoms with Crippen LogP contribution in [0.1, 0.15) is 19.4 Å². The number of aromatic nitrogens is 2. The van der Waals surface area contributed by atoms with Crippen molar-refractivity contribution in [2.75, 3.05) is 7.05 Å². The van der Waals surface area contributed by atoms with Crippen molar-refractivity contribution in [1.82, 2.24) is 15.1 Å². The fourth-order valence-corrected chi connectivity index (χ4v) is 1.48. The molecule has 0 radical (unpaired) electrons. The number of rotatable bonds is 2. The van der Waals surface area contributed by atoms with Crippen molar-refractivity contribution < 1.29 is 4.79 Å². The molecule has 2 rings (SSSR count). The number of carbonyl (C=O) groups is 1. The van der Waals surface area contributed by atoms with Crippen LogP contribution in [0.3, 0.4) is 0 Å². The van der Waals surface area contributed by atoms with Crippen LogP contribution in [-0.2, 0) is 11.3 Å². The zero-order chi connectivity index (χ0) is 12.8. The van der Waals surface area contributed by atoms with Crippen molar-refractivity contribution in [3.05, 3.63) is 30.0 Å². The highest BCUT2D eigenvalue weighted by atomic mass is 16.1. The number of amides is 1. The Morgan fingerprint density at radius 3 is 2.76 bits per heavy atom. The lowest BCUT2D eigenvalue weighted by atomic mass is 10.2. The number of nitrogens with one attached hydrogen (secondary N) is 1. The number of hydrogen-bond donors (Lipinski definition) is 1. The Bertz CT molecular complexity index is 502. The molecule has 17 heavy (non-hydrogen) atoms. The van der Waals surface area contributed by atoms with Crippen LogP contribution in [0.25, 0.3) is 10.9 Å². The average molecular weight is 233 g/mol. The first kappa shape index (κ1) is 13.2. The molecule has 0 aliphatic carbocycles. The fraction of sp³-hybridized carbons (Fsp3) is 0.385. The molecule has 0 unspecified atom stereocenters. The van der Waals surface area contributed by atoms with Gasteiger partial charge in [-0.3, -0.25) is 9.48 Å². The molecule has 0 atom stereocenters. The highest BCUT2D eigenvalue weighted by molar-refractivity contribution is 5.80. The number of likely N-dealkylation sites (N-methyl/N-ethyl adjacent to an activating group) is 1. The third-order valence-electron chi connectivity index (χ3n) is 2.29. The highest BCUT2D eigenvalue weighted by Crippen LogP contribution is 2.13. The second-order valence-corrected chi connectivity index (χ2v) is 3.56. The molecule has 4 nitrogen and oxygen atoms in total. The minimum atomic E-state index is -0.0421. The molecule has 92 valence electrons. The maximum atomic E-state index is 11.2. The van der Waals surface area contributed by atoms with Gasteiger partial charge in [-0.25, -0.2) is 0 Å². The summed E-state index contributed by atoms with van der Waals surface area (Å²) in [5.74, 6) is -0.0421. The smallest absolute Gasteiger partial charge is 0.241 e. The molecule has 0 fully saturated rings. The Kier molecular flexibility index (Phi) is 4.69. The molecule has 4 heteroatoms. The van der Waals surface area contributed by atoms with Crippen LogP contribution >= 0.6 is 0 Å². The van der Waals surface area contributed by atoms with Crippen molar-refractivity contribution in [3.63, 3.8) is 0 Å². The fourth-order valence-electron chi connectivity index (χ4n) is 1.48. The number of carbonyl (C=O) groups excluding carboxylic acids is 1. The molecular formula is C13H19N3O. The number of aryl methyl sites for hydroxylation is 1. The monoisotopic (exact) mass is 233 g/mol. The van der Waals surface area contributed by atoms with E-state index in [-0.39, 0.29) is 12.5 Å². The summed E-state index contributed by atoms with van der Waals surface area (Å²) < 4.78 is 1.66. The zero-order valence-electron chi connectivity index (χ0n) is 10.8. The zero-order valence-corrected chi connectivity index (χ0v) is 10.8. The van der Waals surface area contributed by atoms with Crippen molar-refractivity contribution in [1.29, 1.82) is 0 Å². The standard InChI is InChI=1S/C11H13N3O.C2H6/c1-8-3-4-9-6-14(7-11(15)12-2)13-10(9)5-8;1-2/h3-6H,7H2,1-2H3,(H,12,15);1-2H3. The third-order valence-corrected chi connectivity index (χ3v) is 2.29. The van der Waals surface area contributed by atoms with Crippen LogP contribution in [0.2, 0.25) is 0 Å². The maximum absolute atomic E-state index is 11.2. The van der Waals surface area contributed by atoms with Crippen LogP contribution in [0.5, 0.6) is 0 Å². The second kappa shape index (κ2) is 6.03. The van der Waals surface area contributed by atoms with Gasteiger partial charge < -0.3 is 5.32 Å². The van der Waals surface area contributed by atoms with E-state index in [2.05, 4.69) is 10.4 Å². The van der Waals surface area contributed by atoms with Crippen molar-refractivity contribution in [3.8, 4) is 0 Å². The van der Waals surface area contributed by atoms with Crippen molar-refractivity contribution in [2.24, 2.45) is 0 Å². The van der Waals surface area contributed by atoms with E-state index < -0.39 is 0 Å². The van der Waals surface area contributed by atoms with Crippen LogP contribution in [-0.4, -0.2) is 22.7 Å². The predicted octanol–water partition coefficient (Wildman–Crippen LogP) is 2.12. The first-order valence-corrected chi connectivity index (χ1v) is 5.83. The summed E-state index contributed by atoms with van der Waals surface area (Å²) in [7, 11) is 1.62. The summed E-state index contributed by atoms with van der Waals surface area (Å²) in [5, 5.41) is 7.95. The average Bonchev–Trinajstić information content (AvgIpc) is 2.72. The highest BCUT2D eigenvalue weighted by Gasteiger charge is 2.03. The Morgan fingerprint density at radius 1 is 1.41 bits per heavy atom. The summed E-state index contributed by atoms with van der Waals surface area (Å²) in [6.07, 6.45) is 1.88. The SMILES string of the molecule is CC.CNC(=O)Cn1cc2ccc(C)cc2n1. The minimum absolute atomic E-state index is 0.0421. The van der Waals surface area contributed by atoms with Gasteiger partial charge in [0.15, 0.2) is 0 Å². The Balaban J connectivity index is 0.000000686. The molecule has 1 aromatic carbocycles. The van der Waals surface area contributed by atoms with Crippen LogP contribution in [0.15, 0.2) is 24.4 Å². The Labute approximate surface area is 102 Å². The second-order valence-electron chi connectivity index (χ2n) is 3.56. The van der Waals surface area contributed by atoms with Gasteiger partial charge in [0.25, 0.3) is 0 Å². The van der Waals surface area contributed by atoms with Crippen LogP contribution in [0, 0.1) is 6.92 Å². The van der Waals surface area contributed by atoms with Gasteiger partial charge in [-0.2, -0.15) is 5.10 Å². The summed E-state index contributed by atoms with van der Waals surface area (Å²) >= 11 is 0. The third kappa shape index (κ3) is 3.31. The summed E-state index contributed by atoms with van der Waals surface area (Å²) in [6, 6.07) is 6.06. The Morgan fingerprint density at radius 2 is 2.12 bits per heavy atom. The lowest BCUT2D eigenvalue weighted by Gasteiger charge is -1.97. The molecule has 1 aromatic heterocycles. The van der Waals surface area contributed by atoms with E-state index in [1.807, 2.05) is 45.2 Å². The van der Waals surface area contributed by atoms with Gasteiger partial charge in [0, 0.05) is 18.6 Å². The molecule has 1 N–H and O–H groups in total. The summed E-state index contributed by atoms with van der Waals surface area (Å²) in [5.41, 5.74) is 2.10. The van der Waals surface area contributed by atoms with Crippen LogP contribution < -0.4 is 5.32 Å². The molecule has 0 saturated carbocycles. The van der Waals surface area contributed by atoms with Gasteiger partial charge in [0.05, 0.1) is 5.52 Å². The van der Waals surface area contributed by atoms with Gasteiger partial charge in [0.2, 0.25) is 5.91 Å². The lowest BCUT2D eigenvalue weighted by molar-refractivity contribution is -0.121. The first-order chi connectivity index (χ1) is 8.19. The van der Waals surface area contributed by atoms with Gasteiger partial charge in [0.1, 0.15) is 6.54 Å². The maximum Gasteiger partial charge on any atom is 0.241 e. The number of hydrogen-bond acceptors (Lipinski definition) is 2. The van der Waals surface area contributed by atoms with Crippen molar-refractivity contribution in [2.45, 2.75) is 27.3 Å². The van der Waals surface area contributed by atoms with E-state index in [0.29, 0.717) is 0 Å². The Hall–Kier alpha value is -1.84. The molecule has 0 aliphatic rings. The number of nitrogens with zero attached hydrogens (tertiary/aromatic N) is 2. The summed E-state index contributed by atoms with van der Waals surface area (Å²) in [6.45, 7) is 6.29. The van der Waals surface area contributed by atoms with Gasteiger partial charge in [-0.1, -0.05) is 26.0 Å². The first-order valence-electron chi connectivity index (χ1n) is 5.83. The van der Waals surface area contributed by atoms with E-state index in [1.54, 1.807) is 11.7 Å². The molecule has 1 amide bonds. The van der Waals surface area contributed by atoms with E-state index >= 15 is 0 Å². The normalized spacial score (nSPS) is 9.65. The van der Waals surface area contributed by atoms with Crippen molar-refractivity contribution >= 4 is 16.8 Å². The number of fused-ring (bicyclic) bond motifs is 1. The molecule has 0 spiro atoms. The van der Waals surface area contributed by atoms with E-state index in [4.69, 9.17) is 0 Å². The minimum Gasteiger partial charge on any atom is -0.358 e. The quantitative estimate of drug-likeness (QED) is 0.863. The molecule has 0 aliphatic heterocycles. The largest absolute Gasteiger partial charge is 0.358 e. The molecule has 2 aromatic rings. The predicted molar refractivity (Wildman–Crippen MR) is 69.9 cm³/mol. The van der Waals surface area contributed by atoms with Gasteiger partial charge in [-0.15, -0.1) is 0 Å². The van der Waals surface area contributed by atoms with E-state index in [9.17, 15) is 4.79 Å². The van der Waals surface area contributed by atoms with Crippen LogP contribution in [0.4, 0.5) is 0 Å². The molecule has 0 saturated heterocycles. The molecular weight excluding hydrogens is 214 g/mol. The van der Waals surface area contributed by atoms with E-state index in [1.165, 1.54) is 5.56 Å². The lowest BCUT2D eigenvalue weighted by Crippen LogP contribution is -2.23.